The van der Waals surface area contributed by atoms with E-state index in [4.69, 9.17) is 4.74 Å². The van der Waals surface area contributed by atoms with Crippen LogP contribution in [-0.4, -0.2) is 55.0 Å². The Labute approximate surface area is 191 Å². The molecule has 11 heteroatoms. The Morgan fingerprint density at radius 1 is 1.33 bits per heavy atom. The lowest BCUT2D eigenvalue weighted by Gasteiger charge is -2.40. The van der Waals surface area contributed by atoms with Crippen LogP contribution in [0.15, 0.2) is 30.5 Å². The summed E-state index contributed by atoms with van der Waals surface area (Å²) < 4.78 is 55.1. The Morgan fingerprint density at radius 3 is 2.76 bits per heavy atom. The van der Waals surface area contributed by atoms with Gasteiger partial charge >= 0.3 is 0 Å². The van der Waals surface area contributed by atoms with Crippen molar-refractivity contribution in [3.8, 4) is 5.75 Å². The molecular formula is C22H26F2N4O4S. The van der Waals surface area contributed by atoms with Crippen LogP contribution in [0.25, 0.3) is 5.65 Å². The Hall–Kier alpha value is -2.73. The number of pyridine rings is 1. The smallest absolute Gasteiger partial charge is 0.270 e. The number of halogens is 2. The van der Waals surface area contributed by atoms with Crippen molar-refractivity contribution in [2.24, 2.45) is 0 Å². The van der Waals surface area contributed by atoms with Gasteiger partial charge in [-0.25, -0.2) is 13.8 Å². The third-order valence-corrected chi connectivity index (χ3v) is 7.28. The van der Waals surface area contributed by atoms with E-state index in [2.05, 4.69) is 15.6 Å². The van der Waals surface area contributed by atoms with Gasteiger partial charge in [0.2, 0.25) is 0 Å². The maximum Gasteiger partial charge on any atom is 0.270 e. The molecule has 3 heterocycles. The number of nitrogens with one attached hydrogen (secondary N) is 2. The molecule has 0 aliphatic carbocycles. The molecule has 0 saturated carbocycles. The third-order valence-electron chi connectivity index (χ3n) is 5.49. The van der Waals surface area contributed by atoms with E-state index < -0.39 is 22.2 Å². The summed E-state index contributed by atoms with van der Waals surface area (Å²) >= 11 is 0. The first-order valence-electron chi connectivity index (χ1n) is 10.4. The average molecular weight is 481 g/mol. The summed E-state index contributed by atoms with van der Waals surface area (Å²) in [6.45, 7) is 3.87. The van der Waals surface area contributed by atoms with Gasteiger partial charge in [0.25, 0.3) is 5.91 Å². The summed E-state index contributed by atoms with van der Waals surface area (Å²) in [4.78, 5) is 17.4. The molecule has 178 valence electrons. The lowest BCUT2D eigenvalue weighted by molar-refractivity contribution is 0.0943. The fourth-order valence-corrected chi connectivity index (χ4v) is 5.37. The molecule has 33 heavy (non-hydrogen) atoms. The topological polar surface area (TPSA) is 108 Å². The van der Waals surface area contributed by atoms with Crippen molar-refractivity contribution in [1.29, 1.82) is 0 Å². The number of fused-ring (bicyclic) bond motifs is 1. The third kappa shape index (κ3) is 5.11. The number of imidazole rings is 1. The number of carbonyl (C=O) groups excluding carboxylic acids is 1. The zero-order valence-electron chi connectivity index (χ0n) is 18.3. The molecule has 8 nitrogen and oxygen atoms in total. The van der Waals surface area contributed by atoms with Crippen molar-refractivity contribution in [2.75, 3.05) is 24.6 Å². The van der Waals surface area contributed by atoms with Crippen LogP contribution in [0.2, 0.25) is 0 Å². The lowest BCUT2D eigenvalue weighted by Crippen LogP contribution is -2.49. The summed E-state index contributed by atoms with van der Waals surface area (Å²) in [5.41, 5.74) is 1.69. The Bertz CT molecular complexity index is 1180. The number of hydrogen-bond donors (Lipinski definition) is 4. The first-order chi connectivity index (χ1) is 15.6. The van der Waals surface area contributed by atoms with E-state index in [9.17, 15) is 22.7 Å². The molecule has 4 N–H and O–H groups in total. The summed E-state index contributed by atoms with van der Waals surface area (Å²) in [6, 6.07) is 5.06. The molecule has 1 atom stereocenters. The van der Waals surface area contributed by atoms with Crippen LogP contribution in [0.5, 0.6) is 5.75 Å². The van der Waals surface area contributed by atoms with Gasteiger partial charge in [-0.15, -0.1) is 0 Å². The Morgan fingerprint density at radius 2 is 2.06 bits per heavy atom. The van der Waals surface area contributed by atoms with Crippen LogP contribution in [0, 0.1) is 25.5 Å². The normalized spacial score (nSPS) is 18.8. The molecule has 1 saturated heterocycles. The molecule has 1 aromatic carbocycles. The first kappa shape index (κ1) is 23.4. The van der Waals surface area contributed by atoms with Gasteiger partial charge in [0.1, 0.15) is 23.9 Å². The molecule has 2 aromatic heterocycles. The van der Waals surface area contributed by atoms with Gasteiger partial charge in [0, 0.05) is 31.1 Å². The average Bonchev–Trinajstić information content (AvgIpc) is 3.06. The van der Waals surface area contributed by atoms with Crippen LogP contribution in [-0.2, 0) is 6.61 Å². The number of rotatable bonds is 6. The van der Waals surface area contributed by atoms with Crippen molar-refractivity contribution in [2.45, 2.75) is 26.5 Å². The fourth-order valence-electron chi connectivity index (χ4n) is 3.88. The molecule has 0 bridgehead atoms. The summed E-state index contributed by atoms with van der Waals surface area (Å²) in [5.74, 6) is -0.994. The Kier molecular flexibility index (Phi) is 6.57. The van der Waals surface area contributed by atoms with Crippen molar-refractivity contribution in [3.63, 3.8) is 0 Å². The summed E-state index contributed by atoms with van der Waals surface area (Å²) in [5, 5.41) is 6.00. The largest absolute Gasteiger partial charge is 0.485 e. The number of amides is 1. The van der Waals surface area contributed by atoms with Crippen LogP contribution >= 0.6 is 10.6 Å². The van der Waals surface area contributed by atoms with Crippen molar-refractivity contribution in [1.82, 2.24) is 20.0 Å². The minimum absolute atomic E-state index is 0.184. The van der Waals surface area contributed by atoms with E-state index in [-0.39, 0.29) is 36.4 Å². The van der Waals surface area contributed by atoms with Crippen LogP contribution in [0.3, 0.4) is 0 Å². The van der Waals surface area contributed by atoms with Gasteiger partial charge < -0.3 is 15.4 Å². The maximum absolute atomic E-state index is 14.0. The zero-order chi connectivity index (χ0) is 23.8. The van der Waals surface area contributed by atoms with Gasteiger partial charge in [-0.05, 0) is 37.6 Å². The first-order valence-corrected chi connectivity index (χ1v) is 12.3. The number of ether oxygens (including phenoxy) is 1. The molecule has 1 aliphatic heterocycles. The van der Waals surface area contributed by atoms with E-state index in [0.29, 0.717) is 35.1 Å². The van der Waals surface area contributed by atoms with Gasteiger partial charge in [-0.1, -0.05) is 6.07 Å². The number of benzene rings is 1. The molecule has 1 fully saturated rings. The number of nitrogens with zero attached hydrogens (tertiary/aromatic N) is 2. The molecule has 1 aliphatic rings. The number of hydrogen-bond acceptors (Lipinski definition) is 6. The minimum atomic E-state index is -2.62. The van der Waals surface area contributed by atoms with Crippen LogP contribution in [0.1, 0.15) is 27.3 Å². The summed E-state index contributed by atoms with van der Waals surface area (Å²) in [6.07, 6.45) is 1.73. The van der Waals surface area contributed by atoms with Crippen molar-refractivity contribution < 1.29 is 27.4 Å². The standard InChI is InChI=1S/C22H26F2N4O4S/c1-13-8-19(32-11-16-17(23)4-3-5-18(16)24)21-27-14(2)20(28(21)10-13)22(29)26-9-15-12-33(30,31)7-6-25-15/h3-5,8,10,15,25,30-31H,6-7,9,11-12H2,1-2H3,(H,26,29). The molecular weight excluding hydrogens is 454 g/mol. The highest BCUT2D eigenvalue weighted by Gasteiger charge is 2.26. The molecule has 1 amide bonds. The van der Waals surface area contributed by atoms with E-state index in [0.717, 1.165) is 17.7 Å². The van der Waals surface area contributed by atoms with Gasteiger partial charge in [-0.3, -0.25) is 18.3 Å². The quantitative estimate of drug-likeness (QED) is 0.431. The molecule has 0 radical (unpaired) electrons. The van der Waals surface area contributed by atoms with Gasteiger partial charge in [-0.2, -0.15) is 10.6 Å². The highest BCUT2D eigenvalue weighted by molar-refractivity contribution is 8.24. The highest BCUT2D eigenvalue weighted by Crippen LogP contribution is 2.40. The second-order valence-electron chi connectivity index (χ2n) is 8.14. The molecule has 3 aromatic rings. The lowest BCUT2D eigenvalue weighted by atomic mass is 10.2. The predicted molar refractivity (Wildman–Crippen MR) is 122 cm³/mol. The van der Waals surface area contributed by atoms with Crippen molar-refractivity contribution >= 4 is 22.1 Å². The number of aryl methyl sites for hydroxylation is 2. The van der Waals surface area contributed by atoms with Gasteiger partial charge in [0.05, 0.1) is 17.0 Å². The monoisotopic (exact) mass is 480 g/mol. The molecule has 0 spiro atoms. The minimum Gasteiger partial charge on any atom is -0.485 e. The predicted octanol–water partition coefficient (Wildman–Crippen LogP) is 3.26. The van der Waals surface area contributed by atoms with Gasteiger partial charge in [0.15, 0.2) is 11.4 Å². The van der Waals surface area contributed by atoms with Crippen molar-refractivity contribution in [3.05, 3.63) is 64.6 Å². The fraction of sp³-hybridized carbons (Fsp3) is 0.364. The number of aromatic nitrogens is 2. The summed E-state index contributed by atoms with van der Waals surface area (Å²) in [7, 11) is -2.62. The van der Waals surface area contributed by atoms with E-state index in [1.165, 1.54) is 6.07 Å². The van der Waals surface area contributed by atoms with Crippen LogP contribution < -0.4 is 15.4 Å². The number of carbonyl (C=O) groups is 1. The van der Waals surface area contributed by atoms with E-state index in [1.54, 1.807) is 23.6 Å². The maximum atomic E-state index is 14.0. The second kappa shape index (κ2) is 9.26. The van der Waals surface area contributed by atoms with Crippen LogP contribution in [0.4, 0.5) is 8.78 Å². The SMILES string of the molecule is Cc1cc(OCc2c(F)cccc2F)c2nc(C)c(C(=O)NCC3CS(O)(O)CCN3)n2c1. The Balaban J connectivity index is 1.56. The zero-order valence-corrected chi connectivity index (χ0v) is 19.1. The molecule has 4 rings (SSSR count). The second-order valence-corrected chi connectivity index (χ2v) is 10.5. The molecule has 1 unspecified atom stereocenters. The van der Waals surface area contributed by atoms with E-state index >= 15 is 0 Å². The van der Waals surface area contributed by atoms with E-state index in [1.807, 2.05) is 6.92 Å². The highest BCUT2D eigenvalue weighted by atomic mass is 32.3.